The number of primary amides is 1. The molecule has 0 aliphatic rings. The molecule has 0 aromatic heterocycles. The molecule has 0 saturated carbocycles. The third kappa shape index (κ3) is 9.27. The van der Waals surface area contributed by atoms with E-state index < -0.39 is 23.6 Å². The van der Waals surface area contributed by atoms with Crippen LogP contribution in [0.25, 0.3) is 0 Å². The Bertz CT molecular complexity index is 277. The average Bonchev–Trinajstić information content (AvgIpc) is 2.19. The van der Waals surface area contributed by atoms with Gasteiger partial charge in [0.2, 0.25) is 5.91 Å². The summed E-state index contributed by atoms with van der Waals surface area (Å²) in [6, 6.07) is -0.657. The van der Waals surface area contributed by atoms with Crippen LogP contribution in [0.2, 0.25) is 0 Å². The van der Waals surface area contributed by atoms with Crippen molar-refractivity contribution in [1.29, 1.82) is 0 Å². The summed E-state index contributed by atoms with van der Waals surface area (Å²) in [5, 5.41) is 3.44. The van der Waals surface area contributed by atoms with Crippen LogP contribution >= 0.6 is 15.9 Å². The average molecular weight is 323 g/mol. The quantitative estimate of drug-likeness (QED) is 0.557. The lowest BCUT2D eigenvalue weighted by Gasteiger charge is -2.22. The number of unbranched alkanes of at least 4 members (excludes halogenated alkanes) is 2. The summed E-state index contributed by atoms with van der Waals surface area (Å²) in [6.45, 7) is 5.30. The number of nitrogens with one attached hydrogen (secondary N) is 1. The summed E-state index contributed by atoms with van der Waals surface area (Å²) in [4.78, 5) is 22.7. The Balaban J connectivity index is 4.11. The minimum Gasteiger partial charge on any atom is -0.444 e. The van der Waals surface area contributed by atoms with Crippen molar-refractivity contribution in [3.63, 3.8) is 0 Å². The van der Waals surface area contributed by atoms with Gasteiger partial charge in [-0.25, -0.2) is 4.79 Å². The van der Waals surface area contributed by atoms with E-state index in [0.717, 1.165) is 24.6 Å². The van der Waals surface area contributed by atoms with Crippen LogP contribution < -0.4 is 11.1 Å². The molecule has 6 heteroatoms. The molecule has 0 bridgehead atoms. The number of alkyl carbamates (subject to hydrolysis) is 1. The molecule has 2 amide bonds. The minimum atomic E-state index is -0.657. The first kappa shape index (κ1) is 17.2. The van der Waals surface area contributed by atoms with Crippen molar-refractivity contribution in [3.05, 3.63) is 0 Å². The summed E-state index contributed by atoms with van der Waals surface area (Å²) in [5.41, 5.74) is 4.66. The lowest BCUT2D eigenvalue weighted by atomic mass is 10.1. The molecule has 0 fully saturated rings. The number of alkyl halides is 1. The molecule has 1 atom stereocenters. The second kappa shape index (κ2) is 8.34. The first-order valence-electron chi connectivity index (χ1n) is 6.11. The fourth-order valence-electron chi connectivity index (χ4n) is 1.36. The molecule has 106 valence electrons. The number of ether oxygens (including phenoxy) is 1. The van der Waals surface area contributed by atoms with Crippen molar-refractivity contribution in [1.82, 2.24) is 5.32 Å². The predicted molar refractivity (Wildman–Crippen MR) is 74.6 cm³/mol. The summed E-state index contributed by atoms with van der Waals surface area (Å²) < 4.78 is 5.08. The number of amides is 2. The van der Waals surface area contributed by atoms with Gasteiger partial charge >= 0.3 is 6.09 Å². The monoisotopic (exact) mass is 322 g/mol. The van der Waals surface area contributed by atoms with Gasteiger partial charge < -0.3 is 15.8 Å². The zero-order valence-electron chi connectivity index (χ0n) is 11.3. The lowest BCUT2D eigenvalue weighted by Crippen LogP contribution is -2.46. The van der Waals surface area contributed by atoms with Crippen LogP contribution in [0.1, 0.15) is 46.5 Å². The standard InChI is InChI=1S/C12H23BrN2O3/c1-12(2,3)18-11(17)15-9(10(14)16)7-5-4-6-8-13/h9H,4-8H2,1-3H3,(H2,14,16)(H,15,17)/t9-/m0/s1. The number of carbonyl (C=O) groups excluding carboxylic acids is 2. The molecule has 18 heavy (non-hydrogen) atoms. The molecular weight excluding hydrogens is 300 g/mol. The maximum absolute atomic E-state index is 11.5. The Hall–Kier alpha value is -0.780. The zero-order chi connectivity index (χ0) is 14.2. The molecule has 0 unspecified atom stereocenters. The van der Waals surface area contributed by atoms with E-state index in [1.54, 1.807) is 20.8 Å². The van der Waals surface area contributed by atoms with Crippen LogP contribution in [0.5, 0.6) is 0 Å². The molecule has 0 rings (SSSR count). The lowest BCUT2D eigenvalue weighted by molar-refractivity contribution is -0.120. The van der Waals surface area contributed by atoms with Crippen LogP contribution in [0, 0.1) is 0 Å². The first-order chi connectivity index (χ1) is 8.26. The van der Waals surface area contributed by atoms with E-state index in [0.29, 0.717) is 6.42 Å². The number of carbonyl (C=O) groups is 2. The van der Waals surface area contributed by atoms with Gasteiger partial charge in [0.25, 0.3) is 0 Å². The van der Waals surface area contributed by atoms with Gasteiger partial charge in [-0.2, -0.15) is 0 Å². The van der Waals surface area contributed by atoms with Crippen molar-refractivity contribution < 1.29 is 14.3 Å². The molecule has 0 spiro atoms. The van der Waals surface area contributed by atoms with Gasteiger partial charge in [-0.15, -0.1) is 0 Å². The Labute approximate surface area is 117 Å². The third-order valence-corrected chi connectivity index (χ3v) is 2.72. The normalized spacial score (nSPS) is 12.9. The van der Waals surface area contributed by atoms with Gasteiger partial charge in [0.1, 0.15) is 11.6 Å². The van der Waals surface area contributed by atoms with E-state index in [-0.39, 0.29) is 0 Å². The van der Waals surface area contributed by atoms with Crippen LogP contribution in [-0.4, -0.2) is 29.0 Å². The van der Waals surface area contributed by atoms with Gasteiger partial charge in [0.15, 0.2) is 0 Å². The zero-order valence-corrected chi connectivity index (χ0v) is 12.9. The van der Waals surface area contributed by atoms with Gasteiger partial charge in [-0.3, -0.25) is 4.79 Å². The molecule has 0 heterocycles. The molecule has 0 aromatic rings. The largest absolute Gasteiger partial charge is 0.444 e. The fourth-order valence-corrected chi connectivity index (χ4v) is 1.75. The van der Waals surface area contributed by atoms with Crippen molar-refractivity contribution in [2.45, 2.75) is 58.1 Å². The molecule has 3 N–H and O–H groups in total. The summed E-state index contributed by atoms with van der Waals surface area (Å²) in [7, 11) is 0. The summed E-state index contributed by atoms with van der Waals surface area (Å²) >= 11 is 3.34. The molecule has 0 aromatic carbocycles. The maximum Gasteiger partial charge on any atom is 0.408 e. The number of hydrogen-bond donors (Lipinski definition) is 2. The molecule has 0 saturated heterocycles. The Morgan fingerprint density at radius 1 is 1.28 bits per heavy atom. The Morgan fingerprint density at radius 3 is 2.33 bits per heavy atom. The second-order valence-corrected chi connectivity index (χ2v) is 5.93. The van der Waals surface area contributed by atoms with E-state index in [4.69, 9.17) is 10.5 Å². The van der Waals surface area contributed by atoms with Crippen LogP contribution in [-0.2, 0) is 9.53 Å². The number of rotatable bonds is 7. The minimum absolute atomic E-state index is 0.528. The first-order valence-corrected chi connectivity index (χ1v) is 7.23. The molecule has 0 aliphatic heterocycles. The predicted octanol–water partition coefficient (Wildman–Crippen LogP) is 2.32. The van der Waals surface area contributed by atoms with E-state index in [1.807, 2.05) is 0 Å². The fraction of sp³-hybridized carbons (Fsp3) is 0.833. The highest BCUT2D eigenvalue weighted by Crippen LogP contribution is 2.09. The van der Waals surface area contributed by atoms with E-state index >= 15 is 0 Å². The summed E-state index contributed by atoms with van der Waals surface area (Å²) in [6.07, 6.45) is 2.81. The number of halogens is 1. The highest BCUT2D eigenvalue weighted by Gasteiger charge is 2.22. The van der Waals surface area contributed by atoms with Gasteiger partial charge in [-0.05, 0) is 33.6 Å². The van der Waals surface area contributed by atoms with Crippen molar-refractivity contribution in [2.75, 3.05) is 5.33 Å². The smallest absolute Gasteiger partial charge is 0.408 e. The van der Waals surface area contributed by atoms with Crippen LogP contribution in [0.4, 0.5) is 4.79 Å². The highest BCUT2D eigenvalue weighted by molar-refractivity contribution is 9.09. The van der Waals surface area contributed by atoms with E-state index in [1.165, 1.54) is 0 Å². The number of hydrogen-bond acceptors (Lipinski definition) is 3. The Kier molecular flexibility index (Phi) is 7.98. The molecule has 0 aliphatic carbocycles. The third-order valence-electron chi connectivity index (χ3n) is 2.16. The van der Waals surface area contributed by atoms with Crippen molar-refractivity contribution >= 4 is 27.9 Å². The van der Waals surface area contributed by atoms with Gasteiger partial charge in [-0.1, -0.05) is 28.8 Å². The number of nitrogens with two attached hydrogens (primary N) is 1. The van der Waals surface area contributed by atoms with Crippen molar-refractivity contribution in [2.24, 2.45) is 5.73 Å². The Morgan fingerprint density at radius 2 is 1.89 bits per heavy atom. The topological polar surface area (TPSA) is 81.4 Å². The van der Waals surface area contributed by atoms with E-state index in [2.05, 4.69) is 21.2 Å². The van der Waals surface area contributed by atoms with E-state index in [9.17, 15) is 9.59 Å². The van der Waals surface area contributed by atoms with Gasteiger partial charge in [0, 0.05) is 5.33 Å². The van der Waals surface area contributed by atoms with Crippen LogP contribution in [0.3, 0.4) is 0 Å². The van der Waals surface area contributed by atoms with Gasteiger partial charge in [0.05, 0.1) is 0 Å². The maximum atomic E-state index is 11.5. The van der Waals surface area contributed by atoms with Crippen molar-refractivity contribution in [3.8, 4) is 0 Å². The molecule has 5 nitrogen and oxygen atoms in total. The molecule has 0 radical (unpaired) electrons. The summed E-state index contributed by atoms with van der Waals surface area (Å²) in [5.74, 6) is -0.528. The second-order valence-electron chi connectivity index (χ2n) is 5.14. The molecular formula is C12H23BrN2O3. The SMILES string of the molecule is CC(C)(C)OC(=O)N[C@@H](CCCCCBr)C(N)=O. The van der Waals surface area contributed by atoms with Crippen LogP contribution in [0.15, 0.2) is 0 Å². The highest BCUT2D eigenvalue weighted by atomic mass is 79.9.